The maximum atomic E-state index is 12.1. The predicted molar refractivity (Wildman–Crippen MR) is 104 cm³/mol. The summed E-state index contributed by atoms with van der Waals surface area (Å²) in [6.07, 6.45) is 7.69. The SMILES string of the molecule is CCOC(=O)COc1ccc(C=CC(=O)N[C@H]2CC[C@@H](C)CC2)cc1OC. The summed E-state index contributed by atoms with van der Waals surface area (Å²) in [6.45, 7) is 4.13. The number of hydrogen-bond donors (Lipinski definition) is 1. The van der Waals surface area contributed by atoms with Gasteiger partial charge in [0.15, 0.2) is 18.1 Å². The van der Waals surface area contributed by atoms with Gasteiger partial charge in [-0.05, 0) is 62.3 Å². The standard InChI is InChI=1S/C21H29NO5/c1-4-26-21(24)14-27-18-11-7-16(13-19(18)25-3)8-12-20(23)22-17-9-5-15(2)6-10-17/h7-8,11-13,15,17H,4-6,9-10,14H2,1-3H3,(H,22,23)/t15-,17+. The van der Waals surface area contributed by atoms with Gasteiger partial charge in [-0.3, -0.25) is 4.79 Å². The molecule has 0 aromatic heterocycles. The van der Waals surface area contributed by atoms with Gasteiger partial charge in [-0.25, -0.2) is 4.79 Å². The number of nitrogens with one attached hydrogen (secondary N) is 1. The second-order valence-electron chi connectivity index (χ2n) is 6.80. The van der Waals surface area contributed by atoms with Crippen molar-refractivity contribution in [3.05, 3.63) is 29.8 Å². The number of rotatable bonds is 8. The molecule has 1 aliphatic rings. The largest absolute Gasteiger partial charge is 0.493 e. The molecule has 1 aromatic rings. The fourth-order valence-corrected chi connectivity index (χ4v) is 3.07. The van der Waals surface area contributed by atoms with Gasteiger partial charge in [0.05, 0.1) is 13.7 Å². The highest BCUT2D eigenvalue weighted by Gasteiger charge is 2.18. The smallest absolute Gasteiger partial charge is 0.344 e. The number of hydrogen-bond acceptors (Lipinski definition) is 5. The van der Waals surface area contributed by atoms with Gasteiger partial charge in [0, 0.05) is 12.1 Å². The van der Waals surface area contributed by atoms with Gasteiger partial charge >= 0.3 is 5.97 Å². The maximum absolute atomic E-state index is 12.1. The second-order valence-corrected chi connectivity index (χ2v) is 6.80. The Bertz CT molecular complexity index is 663. The molecule has 0 atom stereocenters. The normalized spacial score (nSPS) is 19.5. The molecule has 0 saturated heterocycles. The van der Waals surface area contributed by atoms with Crippen LogP contribution in [0.2, 0.25) is 0 Å². The quantitative estimate of drug-likeness (QED) is 0.557. The average Bonchev–Trinajstić information content (AvgIpc) is 2.67. The van der Waals surface area contributed by atoms with Gasteiger partial charge in [-0.15, -0.1) is 0 Å². The Hall–Kier alpha value is -2.50. The minimum atomic E-state index is -0.433. The molecule has 2 rings (SSSR count). The van der Waals surface area contributed by atoms with Crippen LogP contribution in [0.5, 0.6) is 11.5 Å². The molecule has 1 aliphatic carbocycles. The summed E-state index contributed by atoms with van der Waals surface area (Å²) in [7, 11) is 1.52. The monoisotopic (exact) mass is 375 g/mol. The number of benzene rings is 1. The van der Waals surface area contributed by atoms with Crippen LogP contribution in [0.3, 0.4) is 0 Å². The summed E-state index contributed by atoms with van der Waals surface area (Å²) in [4.78, 5) is 23.5. The molecule has 0 bridgehead atoms. The fourth-order valence-electron chi connectivity index (χ4n) is 3.07. The highest BCUT2D eigenvalue weighted by Crippen LogP contribution is 2.28. The van der Waals surface area contributed by atoms with E-state index in [1.165, 1.54) is 26.0 Å². The van der Waals surface area contributed by atoms with E-state index in [-0.39, 0.29) is 18.6 Å². The highest BCUT2D eigenvalue weighted by atomic mass is 16.6. The fraction of sp³-hybridized carbons (Fsp3) is 0.524. The third kappa shape index (κ3) is 6.96. The van der Waals surface area contributed by atoms with Crippen LogP contribution in [0, 0.1) is 5.92 Å². The molecular formula is C21H29NO5. The third-order valence-electron chi connectivity index (χ3n) is 4.63. The van der Waals surface area contributed by atoms with Crippen molar-refractivity contribution >= 4 is 18.0 Å². The lowest BCUT2D eigenvalue weighted by molar-refractivity contribution is -0.145. The number of amides is 1. The lowest BCUT2D eigenvalue weighted by Gasteiger charge is -2.26. The first-order valence-corrected chi connectivity index (χ1v) is 9.46. The van der Waals surface area contributed by atoms with E-state index < -0.39 is 5.97 Å². The summed E-state index contributed by atoms with van der Waals surface area (Å²) in [6, 6.07) is 5.53. The topological polar surface area (TPSA) is 73.9 Å². The summed E-state index contributed by atoms with van der Waals surface area (Å²) in [5.74, 6) is 1.17. The van der Waals surface area contributed by atoms with Gasteiger partial charge in [-0.2, -0.15) is 0 Å². The first kappa shape index (κ1) is 20.8. The van der Waals surface area contributed by atoms with Crippen LogP contribution >= 0.6 is 0 Å². The van der Waals surface area contributed by atoms with E-state index in [0.29, 0.717) is 18.1 Å². The lowest BCUT2D eigenvalue weighted by Crippen LogP contribution is -2.36. The zero-order valence-corrected chi connectivity index (χ0v) is 16.3. The summed E-state index contributed by atoms with van der Waals surface area (Å²) >= 11 is 0. The van der Waals surface area contributed by atoms with E-state index in [4.69, 9.17) is 14.2 Å². The Kier molecular flexibility index (Phi) is 8.17. The Balaban J connectivity index is 1.90. The van der Waals surface area contributed by atoms with Crippen LogP contribution < -0.4 is 14.8 Å². The third-order valence-corrected chi connectivity index (χ3v) is 4.63. The first-order chi connectivity index (χ1) is 13.0. The molecule has 1 saturated carbocycles. The molecule has 1 amide bonds. The van der Waals surface area contributed by atoms with Crippen molar-refractivity contribution in [1.29, 1.82) is 0 Å². The van der Waals surface area contributed by atoms with E-state index in [9.17, 15) is 9.59 Å². The molecule has 0 radical (unpaired) electrons. The number of carbonyl (C=O) groups excluding carboxylic acids is 2. The minimum absolute atomic E-state index is 0.0869. The molecule has 1 aromatic carbocycles. The number of carbonyl (C=O) groups is 2. The molecule has 27 heavy (non-hydrogen) atoms. The minimum Gasteiger partial charge on any atom is -0.493 e. The zero-order valence-electron chi connectivity index (χ0n) is 16.3. The van der Waals surface area contributed by atoms with Crippen molar-refractivity contribution in [2.24, 2.45) is 5.92 Å². The molecular weight excluding hydrogens is 346 g/mol. The van der Waals surface area contributed by atoms with Crippen molar-refractivity contribution < 1.29 is 23.8 Å². The van der Waals surface area contributed by atoms with Crippen LogP contribution in [-0.2, 0) is 14.3 Å². The lowest BCUT2D eigenvalue weighted by atomic mass is 9.87. The zero-order chi connectivity index (χ0) is 19.6. The molecule has 0 unspecified atom stereocenters. The molecule has 6 heteroatoms. The van der Waals surface area contributed by atoms with Crippen LogP contribution in [0.4, 0.5) is 0 Å². The van der Waals surface area contributed by atoms with Crippen molar-refractivity contribution in [3.63, 3.8) is 0 Å². The molecule has 6 nitrogen and oxygen atoms in total. The van der Waals surface area contributed by atoms with E-state index in [2.05, 4.69) is 12.2 Å². The van der Waals surface area contributed by atoms with Gasteiger partial charge in [0.25, 0.3) is 0 Å². The Labute approximate surface area is 160 Å². The van der Waals surface area contributed by atoms with Crippen LogP contribution in [-0.4, -0.2) is 38.2 Å². The van der Waals surface area contributed by atoms with Gasteiger partial charge in [0.2, 0.25) is 5.91 Å². The predicted octanol–water partition coefficient (Wildman–Crippen LogP) is 3.35. The van der Waals surface area contributed by atoms with Crippen LogP contribution in [0.25, 0.3) is 6.08 Å². The van der Waals surface area contributed by atoms with Crippen molar-refractivity contribution in [2.45, 2.75) is 45.6 Å². The molecule has 0 aliphatic heterocycles. The summed E-state index contributed by atoms with van der Waals surface area (Å²) in [5.41, 5.74) is 0.808. The summed E-state index contributed by atoms with van der Waals surface area (Å²) in [5, 5.41) is 3.06. The van der Waals surface area contributed by atoms with Gasteiger partial charge in [-0.1, -0.05) is 13.0 Å². The highest BCUT2D eigenvalue weighted by molar-refractivity contribution is 5.92. The van der Waals surface area contributed by atoms with Crippen molar-refractivity contribution in [3.8, 4) is 11.5 Å². The number of ether oxygens (including phenoxy) is 3. The van der Waals surface area contributed by atoms with Crippen molar-refractivity contribution in [1.82, 2.24) is 5.32 Å². The average molecular weight is 375 g/mol. The molecule has 1 N–H and O–H groups in total. The van der Waals surface area contributed by atoms with Crippen LogP contribution in [0.15, 0.2) is 24.3 Å². The summed E-state index contributed by atoms with van der Waals surface area (Å²) < 4.78 is 15.6. The molecule has 148 valence electrons. The molecule has 0 spiro atoms. The Morgan fingerprint density at radius 2 is 1.93 bits per heavy atom. The van der Waals surface area contributed by atoms with E-state index in [1.54, 1.807) is 31.2 Å². The van der Waals surface area contributed by atoms with Crippen molar-refractivity contribution in [2.75, 3.05) is 20.3 Å². The molecule has 0 heterocycles. The maximum Gasteiger partial charge on any atom is 0.344 e. The number of methoxy groups -OCH3 is 1. The van der Waals surface area contributed by atoms with Crippen LogP contribution in [0.1, 0.15) is 45.1 Å². The van der Waals surface area contributed by atoms with E-state index >= 15 is 0 Å². The second kappa shape index (κ2) is 10.6. The van der Waals surface area contributed by atoms with Gasteiger partial charge < -0.3 is 19.5 Å². The van der Waals surface area contributed by atoms with Gasteiger partial charge in [0.1, 0.15) is 0 Å². The number of esters is 1. The molecule has 1 fully saturated rings. The van der Waals surface area contributed by atoms with E-state index in [1.807, 2.05) is 0 Å². The Morgan fingerprint density at radius 3 is 2.59 bits per heavy atom. The van der Waals surface area contributed by atoms with E-state index in [0.717, 1.165) is 24.3 Å². The Morgan fingerprint density at radius 1 is 1.19 bits per heavy atom. The first-order valence-electron chi connectivity index (χ1n) is 9.46.